The van der Waals surface area contributed by atoms with E-state index in [2.05, 4.69) is 0 Å². The van der Waals surface area contributed by atoms with Gasteiger partial charge in [-0.2, -0.15) is 0 Å². The summed E-state index contributed by atoms with van der Waals surface area (Å²) in [4.78, 5) is 11.5. The van der Waals surface area contributed by atoms with E-state index in [1.165, 1.54) is 0 Å². The Morgan fingerprint density at radius 2 is 2.00 bits per heavy atom. The van der Waals surface area contributed by atoms with Gasteiger partial charge in [0, 0.05) is 5.69 Å². The molecule has 92 valence electrons. The number of Topliss-reactive ketones (excluding diaryl/α,β-unsaturated/α-hetero) is 1. The van der Waals surface area contributed by atoms with Gasteiger partial charge < -0.3 is 25.4 Å². The van der Waals surface area contributed by atoms with Gasteiger partial charge in [0.2, 0.25) is 5.78 Å². The number of nitrogens with two attached hydrogens (primary N) is 1. The van der Waals surface area contributed by atoms with Crippen LogP contribution in [0.1, 0.15) is 0 Å². The number of hydrogen-bond donors (Lipinski definition) is 3. The van der Waals surface area contributed by atoms with Crippen molar-refractivity contribution in [3.8, 4) is 5.75 Å². The quantitative estimate of drug-likeness (QED) is 0.602. The van der Waals surface area contributed by atoms with Crippen molar-refractivity contribution in [2.75, 3.05) is 12.3 Å². The highest BCUT2D eigenvalue weighted by molar-refractivity contribution is 5.88. The van der Waals surface area contributed by atoms with Crippen molar-refractivity contribution in [2.45, 2.75) is 18.5 Å². The molecule has 1 fully saturated rings. The third-order valence-corrected chi connectivity index (χ3v) is 2.48. The number of benzene rings is 1. The Morgan fingerprint density at radius 3 is 2.53 bits per heavy atom. The van der Waals surface area contributed by atoms with Crippen LogP contribution in [-0.2, 0) is 9.53 Å². The Kier molecular flexibility index (Phi) is 3.28. The minimum atomic E-state index is -1.35. The van der Waals surface area contributed by atoms with Crippen LogP contribution in [0.15, 0.2) is 24.3 Å². The van der Waals surface area contributed by atoms with Gasteiger partial charge in [-0.15, -0.1) is 0 Å². The molecule has 0 radical (unpaired) electrons. The number of aliphatic hydroxyl groups is 2. The van der Waals surface area contributed by atoms with Crippen LogP contribution < -0.4 is 10.5 Å². The van der Waals surface area contributed by atoms with Crippen LogP contribution in [0.5, 0.6) is 5.75 Å². The third kappa shape index (κ3) is 2.38. The predicted octanol–water partition coefficient (Wildman–Crippen LogP) is -0.705. The molecular formula is C11H13NO5. The minimum absolute atomic E-state index is 0.406. The van der Waals surface area contributed by atoms with Gasteiger partial charge in [0.25, 0.3) is 6.29 Å². The van der Waals surface area contributed by atoms with Crippen LogP contribution >= 0.6 is 0 Å². The molecule has 1 unspecified atom stereocenters. The molecule has 1 aromatic carbocycles. The number of carbonyl (C=O) groups is 1. The smallest absolute Gasteiger partial charge is 0.263 e. The molecule has 0 aliphatic carbocycles. The Labute approximate surface area is 97.6 Å². The zero-order chi connectivity index (χ0) is 12.4. The summed E-state index contributed by atoms with van der Waals surface area (Å²) in [5, 5.41) is 18.3. The van der Waals surface area contributed by atoms with E-state index in [1.807, 2.05) is 0 Å². The molecule has 1 aliphatic rings. The van der Waals surface area contributed by atoms with E-state index in [0.717, 1.165) is 0 Å². The minimum Gasteiger partial charge on any atom is -0.457 e. The van der Waals surface area contributed by atoms with Crippen molar-refractivity contribution in [1.29, 1.82) is 0 Å². The molecule has 1 saturated heterocycles. The first-order chi connectivity index (χ1) is 8.11. The molecule has 0 aromatic heterocycles. The second kappa shape index (κ2) is 4.70. The van der Waals surface area contributed by atoms with Gasteiger partial charge in [-0.1, -0.05) is 0 Å². The molecule has 6 heteroatoms. The molecular weight excluding hydrogens is 226 g/mol. The van der Waals surface area contributed by atoms with Crippen LogP contribution in [0.4, 0.5) is 5.69 Å². The van der Waals surface area contributed by atoms with E-state index in [9.17, 15) is 9.90 Å². The van der Waals surface area contributed by atoms with E-state index >= 15 is 0 Å². The zero-order valence-electron chi connectivity index (χ0n) is 8.95. The molecule has 0 saturated carbocycles. The normalized spacial score (nSPS) is 28.4. The van der Waals surface area contributed by atoms with E-state index in [0.29, 0.717) is 11.4 Å². The topological polar surface area (TPSA) is 102 Å². The fourth-order valence-corrected chi connectivity index (χ4v) is 1.52. The van der Waals surface area contributed by atoms with Crippen LogP contribution in [0.2, 0.25) is 0 Å². The molecule has 1 heterocycles. The Morgan fingerprint density at radius 1 is 1.35 bits per heavy atom. The van der Waals surface area contributed by atoms with Crippen molar-refractivity contribution in [1.82, 2.24) is 0 Å². The number of anilines is 1. The lowest BCUT2D eigenvalue weighted by atomic mass is 10.2. The maximum Gasteiger partial charge on any atom is 0.263 e. The van der Waals surface area contributed by atoms with Crippen molar-refractivity contribution in [3.63, 3.8) is 0 Å². The van der Waals surface area contributed by atoms with Crippen LogP contribution in [0, 0.1) is 0 Å². The lowest BCUT2D eigenvalue weighted by molar-refractivity contribution is -0.140. The maximum atomic E-state index is 11.5. The van der Waals surface area contributed by atoms with Crippen LogP contribution in [-0.4, -0.2) is 41.1 Å². The van der Waals surface area contributed by atoms with Crippen LogP contribution in [0.3, 0.4) is 0 Å². The van der Waals surface area contributed by atoms with Gasteiger partial charge in [0.15, 0.2) is 0 Å². The Hall–Kier alpha value is -1.63. The molecule has 0 spiro atoms. The number of ether oxygens (including phenoxy) is 2. The van der Waals surface area contributed by atoms with E-state index < -0.39 is 30.9 Å². The molecule has 1 aliphatic heterocycles. The summed E-state index contributed by atoms with van der Waals surface area (Å²) >= 11 is 0. The third-order valence-electron chi connectivity index (χ3n) is 2.48. The second-order valence-corrected chi connectivity index (χ2v) is 3.72. The lowest BCUT2D eigenvalue weighted by Gasteiger charge is -2.12. The standard InChI is InChI=1S/C11H13NO5/c12-6-1-3-7(4-2-6)16-11-10(15)9(14)8(5-13)17-11/h1-4,8-9,11,13-14H,5,12H2/t8-,9+,11?/m1/s1. The zero-order valence-corrected chi connectivity index (χ0v) is 8.95. The molecule has 0 bridgehead atoms. The van der Waals surface area contributed by atoms with Gasteiger partial charge in [-0.3, -0.25) is 4.79 Å². The van der Waals surface area contributed by atoms with Crippen LogP contribution in [0.25, 0.3) is 0 Å². The van der Waals surface area contributed by atoms with E-state index in [1.54, 1.807) is 24.3 Å². The predicted molar refractivity (Wildman–Crippen MR) is 58.2 cm³/mol. The second-order valence-electron chi connectivity index (χ2n) is 3.72. The highest BCUT2D eigenvalue weighted by Gasteiger charge is 2.43. The van der Waals surface area contributed by atoms with Crippen molar-refractivity contribution >= 4 is 11.5 Å². The number of hydrogen-bond acceptors (Lipinski definition) is 6. The summed E-state index contributed by atoms with van der Waals surface area (Å²) in [5.41, 5.74) is 6.07. The number of rotatable bonds is 3. The molecule has 0 amide bonds. The van der Waals surface area contributed by atoms with Crippen molar-refractivity contribution < 1.29 is 24.5 Å². The number of carbonyl (C=O) groups excluding carboxylic acids is 1. The molecule has 6 nitrogen and oxygen atoms in total. The molecule has 17 heavy (non-hydrogen) atoms. The van der Waals surface area contributed by atoms with E-state index in [4.69, 9.17) is 20.3 Å². The first-order valence-corrected chi connectivity index (χ1v) is 5.12. The van der Waals surface area contributed by atoms with Gasteiger partial charge in [-0.25, -0.2) is 0 Å². The summed E-state index contributed by atoms with van der Waals surface area (Å²) in [7, 11) is 0. The summed E-state index contributed by atoms with van der Waals surface area (Å²) in [6.45, 7) is -0.436. The Bertz CT molecular complexity index is 405. The number of ketones is 1. The fraction of sp³-hybridized carbons (Fsp3) is 0.364. The average Bonchev–Trinajstić information content (AvgIpc) is 2.60. The first-order valence-electron chi connectivity index (χ1n) is 5.12. The number of nitrogen functional groups attached to an aromatic ring is 1. The molecule has 2 rings (SSSR count). The largest absolute Gasteiger partial charge is 0.457 e. The summed E-state index contributed by atoms with van der Waals surface area (Å²) < 4.78 is 10.3. The van der Waals surface area contributed by atoms with Crippen molar-refractivity contribution in [2.24, 2.45) is 0 Å². The van der Waals surface area contributed by atoms with E-state index in [-0.39, 0.29) is 0 Å². The van der Waals surface area contributed by atoms with Gasteiger partial charge in [0.05, 0.1) is 6.61 Å². The number of aliphatic hydroxyl groups excluding tert-OH is 2. The molecule has 4 N–H and O–H groups in total. The van der Waals surface area contributed by atoms with Gasteiger partial charge in [-0.05, 0) is 24.3 Å². The SMILES string of the molecule is Nc1ccc(OC2O[C@H](CO)[C@H](O)C2=O)cc1. The first kappa shape index (κ1) is 11.8. The summed E-state index contributed by atoms with van der Waals surface area (Å²) in [6.07, 6.45) is -3.47. The molecule has 1 aromatic rings. The monoisotopic (exact) mass is 239 g/mol. The summed E-state index contributed by atoms with van der Waals surface area (Å²) in [5.74, 6) is -0.191. The molecule has 3 atom stereocenters. The average molecular weight is 239 g/mol. The van der Waals surface area contributed by atoms with Gasteiger partial charge >= 0.3 is 0 Å². The lowest BCUT2D eigenvalue weighted by Crippen LogP contribution is -2.30. The van der Waals surface area contributed by atoms with Crippen molar-refractivity contribution in [3.05, 3.63) is 24.3 Å². The fourth-order valence-electron chi connectivity index (χ4n) is 1.52. The Balaban J connectivity index is 2.05. The summed E-state index contributed by atoms with van der Waals surface area (Å²) in [6, 6.07) is 6.42. The highest BCUT2D eigenvalue weighted by atomic mass is 16.7. The maximum absolute atomic E-state index is 11.5. The highest BCUT2D eigenvalue weighted by Crippen LogP contribution is 2.22. The van der Waals surface area contributed by atoms with Gasteiger partial charge in [0.1, 0.15) is 18.0 Å².